The van der Waals surface area contributed by atoms with Gasteiger partial charge in [0.05, 0.1) is 5.56 Å². The van der Waals surface area contributed by atoms with E-state index in [-0.39, 0.29) is 0 Å². The first-order chi connectivity index (χ1) is 10.2. The van der Waals surface area contributed by atoms with E-state index in [1.807, 2.05) is 24.3 Å². The Labute approximate surface area is 124 Å². The molecule has 0 radical (unpaired) electrons. The van der Waals surface area contributed by atoms with E-state index >= 15 is 0 Å². The SMILES string of the molecule is COC1(c2noc(-c3ccccc3N)n2)CCCCCC1. The number of nitrogens with zero attached hydrogens (tertiary/aromatic N) is 2. The van der Waals surface area contributed by atoms with E-state index in [0.717, 1.165) is 31.2 Å². The molecule has 1 aromatic carbocycles. The summed E-state index contributed by atoms with van der Waals surface area (Å²) in [4.78, 5) is 4.57. The van der Waals surface area contributed by atoms with Gasteiger partial charge in [-0.3, -0.25) is 0 Å². The summed E-state index contributed by atoms with van der Waals surface area (Å²) in [6.45, 7) is 0. The van der Waals surface area contributed by atoms with Crippen molar-refractivity contribution >= 4 is 5.69 Å². The fourth-order valence-electron chi connectivity index (χ4n) is 3.03. The van der Waals surface area contributed by atoms with Gasteiger partial charge in [0.2, 0.25) is 5.82 Å². The summed E-state index contributed by atoms with van der Waals surface area (Å²) in [6, 6.07) is 7.52. The summed E-state index contributed by atoms with van der Waals surface area (Å²) in [5, 5.41) is 4.18. The predicted octanol–water partition coefficient (Wildman–Crippen LogP) is 3.51. The van der Waals surface area contributed by atoms with Crippen LogP contribution in [0.15, 0.2) is 28.8 Å². The summed E-state index contributed by atoms with van der Waals surface area (Å²) in [6.07, 6.45) is 6.61. The molecule has 3 rings (SSSR count). The number of nitrogens with two attached hydrogens (primary N) is 1. The maximum Gasteiger partial charge on any atom is 0.260 e. The third-order valence-electron chi connectivity index (χ3n) is 4.33. The molecule has 2 aromatic rings. The maximum absolute atomic E-state index is 5.97. The number of benzene rings is 1. The van der Waals surface area contributed by atoms with Crippen LogP contribution in [0.3, 0.4) is 0 Å². The third-order valence-corrected chi connectivity index (χ3v) is 4.33. The smallest absolute Gasteiger partial charge is 0.260 e. The molecule has 0 aliphatic heterocycles. The highest BCUT2D eigenvalue weighted by molar-refractivity contribution is 5.69. The number of para-hydroxylation sites is 1. The zero-order chi connectivity index (χ0) is 14.7. The van der Waals surface area contributed by atoms with Crippen LogP contribution in [0.5, 0.6) is 0 Å². The number of aromatic nitrogens is 2. The molecule has 5 heteroatoms. The number of rotatable bonds is 3. The van der Waals surface area contributed by atoms with Gasteiger partial charge in [-0.05, 0) is 25.0 Å². The minimum absolute atomic E-state index is 0.415. The average molecular weight is 287 g/mol. The molecule has 0 unspecified atom stereocenters. The number of hydrogen-bond acceptors (Lipinski definition) is 5. The largest absolute Gasteiger partial charge is 0.398 e. The molecular weight excluding hydrogens is 266 g/mol. The van der Waals surface area contributed by atoms with Gasteiger partial charge >= 0.3 is 0 Å². The van der Waals surface area contributed by atoms with Gasteiger partial charge in [0.25, 0.3) is 5.89 Å². The van der Waals surface area contributed by atoms with Crippen LogP contribution in [0.4, 0.5) is 5.69 Å². The zero-order valence-corrected chi connectivity index (χ0v) is 12.3. The monoisotopic (exact) mass is 287 g/mol. The Balaban J connectivity index is 1.95. The van der Waals surface area contributed by atoms with Gasteiger partial charge in [-0.15, -0.1) is 0 Å². The first kappa shape index (κ1) is 14.1. The minimum Gasteiger partial charge on any atom is -0.398 e. The Hall–Kier alpha value is -1.88. The average Bonchev–Trinajstić information content (AvgIpc) is 2.87. The van der Waals surface area contributed by atoms with Gasteiger partial charge in [0, 0.05) is 12.8 Å². The highest BCUT2D eigenvalue weighted by Crippen LogP contribution is 2.38. The summed E-state index contributed by atoms with van der Waals surface area (Å²) >= 11 is 0. The standard InChI is InChI=1S/C16H21N3O2/c1-20-16(10-6-2-3-7-11-16)15-18-14(21-19-15)12-8-4-5-9-13(12)17/h4-5,8-9H,2-3,6-7,10-11,17H2,1H3. The van der Waals surface area contributed by atoms with Crippen molar-refractivity contribution in [3.8, 4) is 11.5 Å². The summed E-state index contributed by atoms with van der Waals surface area (Å²) < 4.78 is 11.2. The van der Waals surface area contributed by atoms with Crippen molar-refractivity contribution in [1.29, 1.82) is 0 Å². The molecule has 2 N–H and O–H groups in total. The maximum atomic E-state index is 5.97. The molecule has 1 aliphatic carbocycles. The topological polar surface area (TPSA) is 74.2 Å². The Bertz CT molecular complexity index is 601. The van der Waals surface area contributed by atoms with E-state index in [4.69, 9.17) is 15.0 Å². The molecule has 21 heavy (non-hydrogen) atoms. The van der Waals surface area contributed by atoms with Crippen molar-refractivity contribution in [2.75, 3.05) is 12.8 Å². The highest BCUT2D eigenvalue weighted by Gasteiger charge is 2.37. The molecule has 0 saturated heterocycles. The number of anilines is 1. The lowest BCUT2D eigenvalue weighted by atomic mass is 9.93. The van der Waals surface area contributed by atoms with E-state index in [1.165, 1.54) is 12.8 Å². The summed E-state index contributed by atoms with van der Waals surface area (Å²) in [7, 11) is 1.73. The lowest BCUT2D eigenvalue weighted by molar-refractivity contribution is -0.0365. The Morgan fingerprint density at radius 1 is 1.14 bits per heavy atom. The molecule has 0 bridgehead atoms. The highest BCUT2D eigenvalue weighted by atomic mass is 16.5. The van der Waals surface area contributed by atoms with E-state index in [1.54, 1.807) is 7.11 Å². The molecule has 1 aliphatic rings. The molecule has 1 fully saturated rings. The van der Waals surface area contributed by atoms with Crippen LogP contribution < -0.4 is 5.73 Å². The number of hydrogen-bond donors (Lipinski definition) is 1. The van der Waals surface area contributed by atoms with E-state index in [9.17, 15) is 0 Å². The molecule has 1 aromatic heterocycles. The van der Waals surface area contributed by atoms with Crippen LogP contribution in [-0.2, 0) is 10.3 Å². The zero-order valence-electron chi connectivity index (χ0n) is 12.3. The molecule has 5 nitrogen and oxygen atoms in total. The van der Waals surface area contributed by atoms with Gasteiger partial charge in [-0.25, -0.2) is 0 Å². The molecule has 1 saturated carbocycles. The fraction of sp³-hybridized carbons (Fsp3) is 0.500. The number of nitrogen functional groups attached to an aromatic ring is 1. The molecule has 0 spiro atoms. The fourth-order valence-corrected chi connectivity index (χ4v) is 3.03. The van der Waals surface area contributed by atoms with Gasteiger partial charge in [0.15, 0.2) is 0 Å². The molecular formula is C16H21N3O2. The predicted molar refractivity (Wildman–Crippen MR) is 80.5 cm³/mol. The van der Waals surface area contributed by atoms with Gasteiger partial charge in [-0.1, -0.05) is 43.0 Å². The Morgan fingerprint density at radius 3 is 2.52 bits per heavy atom. The molecule has 0 atom stereocenters. The normalized spacial score (nSPS) is 18.3. The second kappa shape index (κ2) is 5.85. The molecule has 1 heterocycles. The van der Waals surface area contributed by atoms with Crippen molar-refractivity contribution in [3.63, 3.8) is 0 Å². The van der Waals surface area contributed by atoms with Crippen LogP contribution in [0, 0.1) is 0 Å². The van der Waals surface area contributed by atoms with E-state index in [2.05, 4.69) is 10.1 Å². The Kier molecular flexibility index (Phi) is 3.92. The van der Waals surface area contributed by atoms with E-state index < -0.39 is 5.60 Å². The van der Waals surface area contributed by atoms with Crippen LogP contribution in [-0.4, -0.2) is 17.3 Å². The lowest BCUT2D eigenvalue weighted by Gasteiger charge is -2.27. The minimum atomic E-state index is -0.415. The van der Waals surface area contributed by atoms with Crippen LogP contribution in [0.2, 0.25) is 0 Å². The molecule has 112 valence electrons. The van der Waals surface area contributed by atoms with E-state index in [0.29, 0.717) is 17.4 Å². The molecule has 0 amide bonds. The van der Waals surface area contributed by atoms with Crippen molar-refractivity contribution in [1.82, 2.24) is 10.1 Å². The second-order valence-electron chi connectivity index (χ2n) is 5.62. The second-order valence-corrected chi connectivity index (χ2v) is 5.62. The van der Waals surface area contributed by atoms with Crippen LogP contribution in [0.1, 0.15) is 44.3 Å². The van der Waals surface area contributed by atoms with Crippen LogP contribution in [0.25, 0.3) is 11.5 Å². The van der Waals surface area contributed by atoms with Crippen molar-refractivity contribution in [3.05, 3.63) is 30.1 Å². The van der Waals surface area contributed by atoms with Gasteiger partial charge in [-0.2, -0.15) is 4.98 Å². The first-order valence-electron chi connectivity index (χ1n) is 7.49. The van der Waals surface area contributed by atoms with Crippen molar-refractivity contribution < 1.29 is 9.26 Å². The first-order valence-corrected chi connectivity index (χ1v) is 7.49. The van der Waals surface area contributed by atoms with Crippen LogP contribution >= 0.6 is 0 Å². The Morgan fingerprint density at radius 2 is 1.86 bits per heavy atom. The van der Waals surface area contributed by atoms with Gasteiger partial charge < -0.3 is 15.0 Å². The third kappa shape index (κ3) is 2.65. The number of ether oxygens (including phenoxy) is 1. The van der Waals surface area contributed by atoms with Crippen molar-refractivity contribution in [2.24, 2.45) is 0 Å². The lowest BCUT2D eigenvalue weighted by Crippen LogP contribution is -2.29. The summed E-state index contributed by atoms with van der Waals surface area (Å²) in [5.74, 6) is 1.11. The quantitative estimate of drug-likeness (QED) is 0.690. The summed E-state index contributed by atoms with van der Waals surface area (Å²) in [5.41, 5.74) is 6.97. The number of methoxy groups -OCH3 is 1. The van der Waals surface area contributed by atoms with Crippen molar-refractivity contribution in [2.45, 2.75) is 44.1 Å². The van der Waals surface area contributed by atoms with Gasteiger partial charge in [0.1, 0.15) is 5.60 Å².